The molecule has 15 heavy (non-hydrogen) atoms. The zero-order valence-electron chi connectivity index (χ0n) is 9.21. The summed E-state index contributed by atoms with van der Waals surface area (Å²) in [5.74, 6) is 0.612. The summed E-state index contributed by atoms with van der Waals surface area (Å²) in [7, 11) is 0. The van der Waals surface area contributed by atoms with Crippen molar-refractivity contribution in [3.63, 3.8) is 0 Å². The number of halogens is 1. The van der Waals surface area contributed by atoms with E-state index in [-0.39, 0.29) is 11.7 Å². The number of alkyl halides is 1. The fourth-order valence-electron chi connectivity index (χ4n) is 1.38. The van der Waals surface area contributed by atoms with E-state index < -0.39 is 6.10 Å². The number of benzene rings is 1. The average Bonchev–Trinajstić information content (AvgIpc) is 2.14. The van der Waals surface area contributed by atoms with Gasteiger partial charge in [-0.1, -0.05) is 6.07 Å². The molecule has 0 radical (unpaired) electrons. The molecule has 82 valence electrons. The fraction of sp³-hybridized carbons (Fsp3) is 0.417. The molecule has 1 unspecified atom stereocenters. The van der Waals surface area contributed by atoms with E-state index in [4.69, 9.17) is 16.3 Å². The van der Waals surface area contributed by atoms with Crippen LogP contribution < -0.4 is 4.74 Å². The number of carbonyl (C=O) groups is 1. The molecule has 0 aromatic heterocycles. The van der Waals surface area contributed by atoms with Crippen LogP contribution >= 0.6 is 11.6 Å². The Labute approximate surface area is 95.2 Å². The third kappa shape index (κ3) is 3.56. The molecule has 0 N–H and O–H groups in total. The van der Waals surface area contributed by atoms with Crippen LogP contribution in [-0.2, 0) is 4.79 Å². The summed E-state index contributed by atoms with van der Waals surface area (Å²) >= 11 is 5.45. The molecule has 1 aromatic carbocycles. The monoisotopic (exact) mass is 226 g/mol. The van der Waals surface area contributed by atoms with Gasteiger partial charge in [0.25, 0.3) is 0 Å². The Balaban J connectivity index is 2.76. The first-order valence-electron chi connectivity index (χ1n) is 4.86. The summed E-state index contributed by atoms with van der Waals surface area (Å²) in [5, 5.41) is 0. The van der Waals surface area contributed by atoms with Crippen molar-refractivity contribution in [2.45, 2.75) is 26.9 Å². The van der Waals surface area contributed by atoms with Gasteiger partial charge in [-0.2, -0.15) is 0 Å². The van der Waals surface area contributed by atoms with E-state index in [1.807, 2.05) is 26.0 Å². The van der Waals surface area contributed by atoms with Crippen molar-refractivity contribution < 1.29 is 9.53 Å². The van der Waals surface area contributed by atoms with Gasteiger partial charge in [0.1, 0.15) is 5.75 Å². The Morgan fingerprint density at radius 1 is 1.33 bits per heavy atom. The number of hydrogen-bond donors (Lipinski definition) is 0. The average molecular weight is 227 g/mol. The SMILES string of the molecule is Cc1cc(C)cc(OC(C)C(=O)CCl)c1. The van der Waals surface area contributed by atoms with Gasteiger partial charge >= 0.3 is 0 Å². The van der Waals surface area contributed by atoms with Gasteiger partial charge in [0.15, 0.2) is 11.9 Å². The smallest absolute Gasteiger partial charge is 0.187 e. The molecule has 1 atom stereocenters. The van der Waals surface area contributed by atoms with Crippen molar-refractivity contribution in [2.24, 2.45) is 0 Å². The Hall–Kier alpha value is -1.02. The van der Waals surface area contributed by atoms with E-state index in [0.717, 1.165) is 16.9 Å². The molecule has 0 amide bonds. The van der Waals surface area contributed by atoms with Gasteiger partial charge in [0.05, 0.1) is 5.88 Å². The molecule has 0 heterocycles. The van der Waals surface area contributed by atoms with Crippen molar-refractivity contribution in [1.82, 2.24) is 0 Å². The van der Waals surface area contributed by atoms with Crippen LogP contribution in [0.5, 0.6) is 5.75 Å². The van der Waals surface area contributed by atoms with E-state index in [0.29, 0.717) is 0 Å². The van der Waals surface area contributed by atoms with Crippen molar-refractivity contribution in [3.05, 3.63) is 29.3 Å². The number of ether oxygens (including phenoxy) is 1. The number of carbonyl (C=O) groups excluding carboxylic acids is 1. The van der Waals surface area contributed by atoms with Gasteiger partial charge in [0, 0.05) is 0 Å². The number of aryl methyl sites for hydroxylation is 2. The third-order valence-electron chi connectivity index (χ3n) is 2.09. The van der Waals surface area contributed by atoms with E-state index in [1.165, 1.54) is 0 Å². The number of Topliss-reactive ketones (excluding diaryl/α,β-unsaturated/α-hetero) is 1. The van der Waals surface area contributed by atoms with Crippen LogP contribution in [0.4, 0.5) is 0 Å². The molecule has 0 saturated heterocycles. The Morgan fingerprint density at radius 2 is 1.87 bits per heavy atom. The lowest BCUT2D eigenvalue weighted by Gasteiger charge is -2.13. The molecule has 0 aliphatic carbocycles. The van der Waals surface area contributed by atoms with Crippen molar-refractivity contribution >= 4 is 17.4 Å². The van der Waals surface area contributed by atoms with Gasteiger partial charge in [0.2, 0.25) is 0 Å². The van der Waals surface area contributed by atoms with Gasteiger partial charge in [-0.05, 0) is 44.0 Å². The van der Waals surface area contributed by atoms with E-state index >= 15 is 0 Å². The third-order valence-corrected chi connectivity index (χ3v) is 2.36. The van der Waals surface area contributed by atoms with E-state index in [2.05, 4.69) is 6.07 Å². The Kier molecular flexibility index (Phi) is 4.15. The van der Waals surface area contributed by atoms with Crippen molar-refractivity contribution in [1.29, 1.82) is 0 Å². The highest BCUT2D eigenvalue weighted by atomic mass is 35.5. The van der Waals surface area contributed by atoms with Crippen molar-refractivity contribution in [2.75, 3.05) is 5.88 Å². The van der Waals surface area contributed by atoms with Crippen LogP contribution in [0.15, 0.2) is 18.2 Å². The normalized spacial score (nSPS) is 12.3. The largest absolute Gasteiger partial charge is 0.483 e. The molecule has 1 rings (SSSR count). The second-order valence-electron chi connectivity index (χ2n) is 3.68. The van der Waals surface area contributed by atoms with Gasteiger partial charge in [-0.15, -0.1) is 11.6 Å². The maximum absolute atomic E-state index is 11.2. The lowest BCUT2D eigenvalue weighted by atomic mass is 10.1. The maximum atomic E-state index is 11.2. The van der Waals surface area contributed by atoms with Crippen molar-refractivity contribution in [3.8, 4) is 5.75 Å². The minimum absolute atomic E-state index is 0.00797. The topological polar surface area (TPSA) is 26.3 Å². The summed E-state index contributed by atoms with van der Waals surface area (Å²) in [6.07, 6.45) is -0.483. The molecular weight excluding hydrogens is 212 g/mol. The Bertz CT molecular complexity index is 340. The highest BCUT2D eigenvalue weighted by Gasteiger charge is 2.13. The predicted molar refractivity (Wildman–Crippen MR) is 61.7 cm³/mol. The molecule has 0 fully saturated rings. The quantitative estimate of drug-likeness (QED) is 0.738. The molecule has 0 aliphatic heterocycles. The van der Waals surface area contributed by atoms with Crippen LogP contribution in [0.3, 0.4) is 0 Å². The van der Waals surface area contributed by atoms with Gasteiger partial charge in [-0.3, -0.25) is 4.79 Å². The van der Waals surface area contributed by atoms with E-state index in [1.54, 1.807) is 6.92 Å². The summed E-state index contributed by atoms with van der Waals surface area (Å²) < 4.78 is 5.49. The second kappa shape index (κ2) is 5.17. The first-order valence-corrected chi connectivity index (χ1v) is 5.40. The van der Waals surface area contributed by atoms with E-state index in [9.17, 15) is 4.79 Å². The van der Waals surface area contributed by atoms with Gasteiger partial charge < -0.3 is 4.74 Å². The van der Waals surface area contributed by atoms with Crippen LogP contribution in [0.2, 0.25) is 0 Å². The summed E-state index contributed by atoms with van der Waals surface area (Å²) in [6, 6.07) is 5.87. The molecule has 0 spiro atoms. The summed E-state index contributed by atoms with van der Waals surface area (Å²) in [5.41, 5.74) is 2.24. The fourth-order valence-corrected chi connectivity index (χ4v) is 1.60. The van der Waals surface area contributed by atoms with Crippen LogP contribution in [0, 0.1) is 13.8 Å². The van der Waals surface area contributed by atoms with Crippen LogP contribution in [0.1, 0.15) is 18.1 Å². The molecule has 1 aromatic rings. The zero-order valence-corrected chi connectivity index (χ0v) is 9.97. The van der Waals surface area contributed by atoms with Gasteiger partial charge in [-0.25, -0.2) is 0 Å². The summed E-state index contributed by atoms with van der Waals surface area (Å²) in [4.78, 5) is 11.2. The maximum Gasteiger partial charge on any atom is 0.187 e. The zero-order chi connectivity index (χ0) is 11.4. The Morgan fingerprint density at radius 3 is 2.33 bits per heavy atom. The minimum atomic E-state index is -0.483. The number of ketones is 1. The second-order valence-corrected chi connectivity index (χ2v) is 3.95. The van der Waals surface area contributed by atoms with Crippen LogP contribution in [-0.4, -0.2) is 17.8 Å². The molecule has 0 aliphatic rings. The first-order chi connectivity index (χ1) is 7.02. The molecule has 0 bridgehead atoms. The lowest BCUT2D eigenvalue weighted by molar-refractivity contribution is -0.122. The van der Waals surface area contributed by atoms with Crippen LogP contribution in [0.25, 0.3) is 0 Å². The number of hydrogen-bond acceptors (Lipinski definition) is 2. The molecule has 0 saturated carbocycles. The standard InChI is InChI=1S/C12H15ClO2/c1-8-4-9(2)6-11(5-8)15-10(3)12(14)7-13/h4-6,10H,7H2,1-3H3. The highest BCUT2D eigenvalue weighted by Crippen LogP contribution is 2.17. The minimum Gasteiger partial charge on any atom is -0.483 e. The number of rotatable bonds is 4. The predicted octanol–water partition coefficient (Wildman–Crippen LogP) is 2.88. The first kappa shape index (κ1) is 12.1. The molecular formula is C12H15ClO2. The molecule has 3 heteroatoms. The highest BCUT2D eigenvalue weighted by molar-refractivity contribution is 6.28. The summed E-state index contributed by atoms with van der Waals surface area (Å²) in [6.45, 7) is 5.70. The molecule has 2 nitrogen and oxygen atoms in total. The lowest BCUT2D eigenvalue weighted by Crippen LogP contribution is -2.24.